The predicted molar refractivity (Wildman–Crippen MR) is 109 cm³/mol. The molecule has 1 saturated heterocycles. The average Bonchev–Trinajstić information content (AvgIpc) is 2.67. The van der Waals surface area contributed by atoms with Gasteiger partial charge in [0.05, 0.1) is 11.8 Å². The molecule has 2 aliphatic heterocycles. The van der Waals surface area contributed by atoms with Crippen LogP contribution in [0.15, 0.2) is 33.7 Å². The minimum atomic E-state index is -3.66. The van der Waals surface area contributed by atoms with Crippen LogP contribution in [0.2, 0.25) is 0 Å². The zero-order valence-corrected chi connectivity index (χ0v) is 18.4. The number of sulfonamides is 1. The van der Waals surface area contributed by atoms with Crippen LogP contribution in [0.1, 0.15) is 31.4 Å². The zero-order valence-electron chi connectivity index (χ0n) is 16.0. The van der Waals surface area contributed by atoms with Gasteiger partial charge in [-0.25, -0.2) is 17.7 Å². The fourth-order valence-corrected chi connectivity index (χ4v) is 5.06. The quantitative estimate of drug-likeness (QED) is 0.503. The summed E-state index contributed by atoms with van der Waals surface area (Å²) in [5.74, 6) is -2.97. The van der Waals surface area contributed by atoms with Gasteiger partial charge in [-0.15, -0.1) is 0 Å². The number of ketones is 1. The molecular weight excluding hydrogens is 464 g/mol. The molecule has 2 unspecified atom stereocenters. The van der Waals surface area contributed by atoms with E-state index in [4.69, 9.17) is 0 Å². The second-order valence-corrected chi connectivity index (χ2v) is 9.87. The number of hydrogen-bond acceptors (Lipinski definition) is 6. The number of carbonyl (C=O) groups is 3. The summed E-state index contributed by atoms with van der Waals surface area (Å²) in [7, 11) is -2.38. The molecule has 0 radical (unpaired) electrons. The average molecular weight is 485 g/mol. The minimum absolute atomic E-state index is 0.0700. The summed E-state index contributed by atoms with van der Waals surface area (Å²) in [6, 6.07) is 5.20. The van der Waals surface area contributed by atoms with Crippen LogP contribution in [-0.4, -0.2) is 66.6 Å². The highest BCUT2D eigenvalue weighted by atomic mass is 79.9. The fourth-order valence-electron chi connectivity index (χ4n) is 3.18. The van der Waals surface area contributed by atoms with Gasteiger partial charge in [-0.3, -0.25) is 19.3 Å². The topological polar surface area (TPSA) is 116 Å². The highest BCUT2D eigenvalue weighted by Crippen LogP contribution is 2.21. The lowest BCUT2D eigenvalue weighted by Gasteiger charge is -2.35. The van der Waals surface area contributed by atoms with E-state index in [2.05, 4.69) is 26.2 Å². The van der Waals surface area contributed by atoms with E-state index in [1.807, 2.05) is 24.3 Å². The molecule has 1 aromatic rings. The van der Waals surface area contributed by atoms with Gasteiger partial charge in [0.15, 0.2) is 6.04 Å². The monoisotopic (exact) mass is 484 g/mol. The lowest BCUT2D eigenvalue weighted by Crippen LogP contribution is -2.59. The smallest absolute Gasteiger partial charge is 0.299 e. The molecule has 0 aromatic heterocycles. The van der Waals surface area contributed by atoms with E-state index in [-0.39, 0.29) is 18.3 Å². The molecule has 156 valence electrons. The number of aliphatic imine (C=N–C) groups is 1. The number of nitrogens with one attached hydrogen (secondary N) is 1. The SMILES string of the molecule is CC(NC(=O)C1N=C(N2CCCCS2(=O)=O)N(C)C(=O)C1=O)c1ccc(Br)cc1. The molecule has 0 saturated carbocycles. The Balaban J connectivity index is 1.87. The Bertz CT molecular complexity index is 976. The standard InChI is InChI=1S/C18H21BrN4O5S/c1-11(12-5-7-13(19)8-6-12)20-16(25)14-15(24)17(26)22(2)18(21-14)23-9-3-4-10-29(23,27)28/h5-8,11,14H,3-4,9-10H2,1-2H3,(H,20,25). The first kappa shape index (κ1) is 21.4. The molecule has 1 fully saturated rings. The van der Waals surface area contributed by atoms with Crippen LogP contribution >= 0.6 is 15.9 Å². The lowest BCUT2D eigenvalue weighted by molar-refractivity contribution is -0.145. The van der Waals surface area contributed by atoms with Crippen molar-refractivity contribution < 1.29 is 22.8 Å². The highest BCUT2D eigenvalue weighted by molar-refractivity contribution is 9.10. The molecule has 0 aliphatic carbocycles. The molecule has 29 heavy (non-hydrogen) atoms. The third-order valence-corrected chi connectivity index (χ3v) is 7.21. The van der Waals surface area contributed by atoms with Crippen molar-refractivity contribution >= 4 is 49.5 Å². The predicted octanol–water partition coefficient (Wildman–Crippen LogP) is 0.818. The molecule has 11 heteroatoms. The Kier molecular flexibility index (Phi) is 6.08. The second kappa shape index (κ2) is 8.23. The maximum atomic E-state index is 12.7. The van der Waals surface area contributed by atoms with Gasteiger partial charge in [0, 0.05) is 18.1 Å². The molecule has 0 bridgehead atoms. The summed E-state index contributed by atoms with van der Waals surface area (Å²) in [6.45, 7) is 1.89. The number of rotatable bonds is 3. The van der Waals surface area contributed by atoms with Crippen molar-refractivity contribution in [1.82, 2.24) is 14.5 Å². The van der Waals surface area contributed by atoms with Crippen LogP contribution in [-0.2, 0) is 24.4 Å². The first-order chi connectivity index (χ1) is 13.6. The van der Waals surface area contributed by atoms with E-state index in [1.54, 1.807) is 6.92 Å². The molecule has 1 aromatic carbocycles. The van der Waals surface area contributed by atoms with Gasteiger partial charge in [0.1, 0.15) is 0 Å². The van der Waals surface area contributed by atoms with Crippen molar-refractivity contribution in [1.29, 1.82) is 0 Å². The summed E-state index contributed by atoms with van der Waals surface area (Å²) in [5.41, 5.74) is 0.802. The van der Waals surface area contributed by atoms with Crippen LogP contribution in [0.25, 0.3) is 0 Å². The van der Waals surface area contributed by atoms with E-state index < -0.39 is 39.7 Å². The maximum Gasteiger partial charge on any atom is 0.299 e. The Morgan fingerprint density at radius 2 is 1.90 bits per heavy atom. The molecule has 9 nitrogen and oxygen atoms in total. The van der Waals surface area contributed by atoms with Crippen LogP contribution in [0, 0.1) is 0 Å². The Morgan fingerprint density at radius 3 is 2.52 bits per heavy atom. The molecule has 0 spiro atoms. The molecule has 2 heterocycles. The van der Waals surface area contributed by atoms with Gasteiger partial charge >= 0.3 is 0 Å². The third-order valence-electron chi connectivity index (χ3n) is 4.86. The Morgan fingerprint density at radius 1 is 1.24 bits per heavy atom. The number of amides is 2. The number of likely N-dealkylation sites (N-methyl/N-ethyl adjacent to an activating group) is 1. The summed E-state index contributed by atoms with van der Waals surface area (Å²) >= 11 is 3.34. The van der Waals surface area contributed by atoms with Gasteiger partial charge in [-0.1, -0.05) is 28.1 Å². The van der Waals surface area contributed by atoms with Crippen LogP contribution in [0.4, 0.5) is 0 Å². The van der Waals surface area contributed by atoms with E-state index in [0.29, 0.717) is 12.8 Å². The maximum absolute atomic E-state index is 12.7. The normalized spacial score (nSPS) is 22.9. The minimum Gasteiger partial charge on any atom is -0.347 e. The molecule has 2 atom stereocenters. The number of carbonyl (C=O) groups excluding carboxylic acids is 3. The van der Waals surface area contributed by atoms with Crippen LogP contribution in [0.5, 0.6) is 0 Å². The van der Waals surface area contributed by atoms with Crippen molar-refractivity contribution in [2.24, 2.45) is 4.99 Å². The lowest BCUT2D eigenvalue weighted by atomic mass is 10.1. The van der Waals surface area contributed by atoms with Gasteiger partial charge in [-0.2, -0.15) is 0 Å². The first-order valence-corrected chi connectivity index (χ1v) is 11.5. The van der Waals surface area contributed by atoms with Crippen molar-refractivity contribution in [3.05, 3.63) is 34.3 Å². The number of nitrogens with zero attached hydrogens (tertiary/aromatic N) is 3. The first-order valence-electron chi connectivity index (χ1n) is 9.08. The van der Waals surface area contributed by atoms with Crippen molar-refractivity contribution in [3.8, 4) is 0 Å². The van der Waals surface area contributed by atoms with Gasteiger partial charge in [0.25, 0.3) is 17.6 Å². The third kappa shape index (κ3) is 4.35. The van der Waals surface area contributed by atoms with Crippen LogP contribution < -0.4 is 5.32 Å². The largest absolute Gasteiger partial charge is 0.347 e. The highest BCUT2D eigenvalue weighted by Gasteiger charge is 2.43. The van der Waals surface area contributed by atoms with Gasteiger partial charge in [-0.05, 0) is 37.5 Å². The van der Waals surface area contributed by atoms with Gasteiger partial charge in [0.2, 0.25) is 16.0 Å². The number of hydrogen-bond donors (Lipinski definition) is 1. The summed E-state index contributed by atoms with van der Waals surface area (Å²) in [5, 5.41) is 2.67. The van der Waals surface area contributed by atoms with Crippen molar-refractivity contribution in [2.45, 2.75) is 31.8 Å². The zero-order chi connectivity index (χ0) is 21.3. The van der Waals surface area contributed by atoms with E-state index >= 15 is 0 Å². The Hall–Kier alpha value is -2.27. The van der Waals surface area contributed by atoms with E-state index in [9.17, 15) is 22.8 Å². The fraction of sp³-hybridized carbons (Fsp3) is 0.444. The molecular formula is C18H21BrN4O5S. The number of halogens is 1. The number of guanidine groups is 1. The number of benzene rings is 1. The van der Waals surface area contributed by atoms with Gasteiger partial charge < -0.3 is 5.32 Å². The molecule has 2 aliphatic rings. The van der Waals surface area contributed by atoms with E-state index in [0.717, 1.165) is 19.2 Å². The Labute approximate surface area is 177 Å². The summed E-state index contributed by atoms with van der Waals surface area (Å²) < 4.78 is 26.7. The van der Waals surface area contributed by atoms with Crippen molar-refractivity contribution in [2.75, 3.05) is 19.3 Å². The molecule has 2 amide bonds. The second-order valence-electron chi connectivity index (χ2n) is 6.94. The molecule has 1 N–H and O–H groups in total. The number of Topliss-reactive ketones (excluding diaryl/α,β-unsaturated/α-hetero) is 1. The summed E-state index contributed by atoms with van der Waals surface area (Å²) in [4.78, 5) is 42.5. The molecule has 3 rings (SSSR count). The van der Waals surface area contributed by atoms with E-state index in [1.165, 1.54) is 7.05 Å². The van der Waals surface area contributed by atoms with Crippen molar-refractivity contribution in [3.63, 3.8) is 0 Å². The summed E-state index contributed by atoms with van der Waals surface area (Å²) in [6.07, 6.45) is 1.11. The van der Waals surface area contributed by atoms with Crippen LogP contribution in [0.3, 0.4) is 0 Å².